The summed E-state index contributed by atoms with van der Waals surface area (Å²) < 4.78 is 5.21. The number of anilines is 1. The molecule has 3 atom stereocenters. The normalized spacial score (nSPS) is 25.9. The minimum atomic E-state index is 0.476. The molecule has 0 spiro atoms. The molecule has 1 aliphatic rings. The monoisotopic (exact) mass is 292 g/mol. The van der Waals surface area contributed by atoms with Gasteiger partial charge in [0.05, 0.1) is 7.11 Å². The number of thiocarbonyl (C=S) groups is 1. The van der Waals surface area contributed by atoms with E-state index in [1.807, 2.05) is 24.3 Å². The van der Waals surface area contributed by atoms with Gasteiger partial charge in [-0.2, -0.15) is 0 Å². The van der Waals surface area contributed by atoms with Gasteiger partial charge in [0.25, 0.3) is 0 Å². The van der Waals surface area contributed by atoms with E-state index >= 15 is 0 Å². The standard InChI is InChI=1S/C16H24N2OS/c1-11-6-4-9-15(12(11)2)18-16(20)17-13-7-5-8-14(10-13)19-3/h5,7-8,10-12,15H,4,6,9H2,1-3H3,(H2,17,18,20)/t11-,12+,15+/m1/s1. The Morgan fingerprint density at radius 1 is 1.30 bits per heavy atom. The number of hydrogen-bond acceptors (Lipinski definition) is 2. The molecule has 0 bridgehead atoms. The SMILES string of the molecule is COc1cccc(NC(=S)N[C@H]2CCC[C@@H](C)[C@@H]2C)c1. The number of ether oxygens (including phenoxy) is 1. The molecule has 4 heteroatoms. The fourth-order valence-corrected chi connectivity index (χ4v) is 3.09. The van der Waals surface area contributed by atoms with Gasteiger partial charge >= 0.3 is 0 Å². The molecule has 0 radical (unpaired) electrons. The zero-order valence-corrected chi connectivity index (χ0v) is 13.3. The van der Waals surface area contributed by atoms with Crippen LogP contribution in [0.1, 0.15) is 33.1 Å². The maximum absolute atomic E-state index is 5.42. The molecule has 0 aliphatic heterocycles. The number of methoxy groups -OCH3 is 1. The van der Waals surface area contributed by atoms with Gasteiger partial charge in [-0.3, -0.25) is 0 Å². The van der Waals surface area contributed by atoms with Gasteiger partial charge in [0, 0.05) is 17.8 Å². The molecule has 1 aromatic rings. The highest BCUT2D eigenvalue weighted by Gasteiger charge is 2.27. The molecule has 1 saturated carbocycles. The van der Waals surface area contributed by atoms with Crippen LogP contribution in [-0.2, 0) is 0 Å². The maximum Gasteiger partial charge on any atom is 0.171 e. The van der Waals surface area contributed by atoms with Crippen molar-refractivity contribution < 1.29 is 4.74 Å². The van der Waals surface area contributed by atoms with E-state index in [4.69, 9.17) is 17.0 Å². The van der Waals surface area contributed by atoms with Crippen molar-refractivity contribution in [1.82, 2.24) is 5.32 Å². The van der Waals surface area contributed by atoms with Gasteiger partial charge in [-0.15, -0.1) is 0 Å². The van der Waals surface area contributed by atoms with E-state index in [0.717, 1.165) is 17.4 Å². The first kappa shape index (κ1) is 15.1. The lowest BCUT2D eigenvalue weighted by molar-refractivity contribution is 0.225. The van der Waals surface area contributed by atoms with Crippen LogP contribution in [-0.4, -0.2) is 18.3 Å². The molecule has 1 aliphatic carbocycles. The minimum Gasteiger partial charge on any atom is -0.497 e. The Morgan fingerprint density at radius 3 is 2.85 bits per heavy atom. The third-order valence-electron chi connectivity index (χ3n) is 4.35. The smallest absolute Gasteiger partial charge is 0.171 e. The van der Waals surface area contributed by atoms with E-state index in [0.29, 0.717) is 17.1 Å². The van der Waals surface area contributed by atoms with Crippen LogP contribution < -0.4 is 15.4 Å². The minimum absolute atomic E-state index is 0.476. The quantitative estimate of drug-likeness (QED) is 0.830. The van der Waals surface area contributed by atoms with Crippen molar-refractivity contribution in [2.24, 2.45) is 11.8 Å². The van der Waals surface area contributed by atoms with E-state index in [1.54, 1.807) is 7.11 Å². The number of rotatable bonds is 3. The van der Waals surface area contributed by atoms with Crippen LogP contribution in [0.15, 0.2) is 24.3 Å². The predicted molar refractivity (Wildman–Crippen MR) is 88.3 cm³/mol. The Kier molecular flexibility index (Phi) is 5.24. The second-order valence-corrected chi connectivity index (χ2v) is 6.11. The summed E-state index contributed by atoms with van der Waals surface area (Å²) in [5, 5.41) is 7.40. The van der Waals surface area contributed by atoms with Crippen LogP contribution in [0.25, 0.3) is 0 Å². The summed E-state index contributed by atoms with van der Waals surface area (Å²) in [6.45, 7) is 4.65. The van der Waals surface area contributed by atoms with Crippen LogP contribution in [0.2, 0.25) is 0 Å². The summed E-state index contributed by atoms with van der Waals surface area (Å²) in [7, 11) is 1.67. The van der Waals surface area contributed by atoms with Crippen molar-refractivity contribution in [3.8, 4) is 5.75 Å². The maximum atomic E-state index is 5.42. The first-order valence-corrected chi connectivity index (χ1v) is 7.72. The summed E-state index contributed by atoms with van der Waals surface area (Å²) in [5.74, 6) is 2.26. The van der Waals surface area contributed by atoms with Crippen molar-refractivity contribution in [3.63, 3.8) is 0 Å². The van der Waals surface area contributed by atoms with Gasteiger partial charge in [0.15, 0.2) is 5.11 Å². The largest absolute Gasteiger partial charge is 0.497 e. The highest BCUT2D eigenvalue weighted by atomic mass is 32.1. The van der Waals surface area contributed by atoms with E-state index in [-0.39, 0.29) is 0 Å². The van der Waals surface area contributed by atoms with Crippen LogP contribution in [0.4, 0.5) is 5.69 Å². The molecule has 0 saturated heterocycles. The van der Waals surface area contributed by atoms with Gasteiger partial charge in [0.1, 0.15) is 5.75 Å². The Labute approximate surface area is 127 Å². The van der Waals surface area contributed by atoms with E-state index in [1.165, 1.54) is 19.3 Å². The fraction of sp³-hybridized carbons (Fsp3) is 0.562. The van der Waals surface area contributed by atoms with Crippen LogP contribution in [0.3, 0.4) is 0 Å². The molecule has 1 fully saturated rings. The second-order valence-electron chi connectivity index (χ2n) is 5.70. The molecule has 2 rings (SSSR count). The molecule has 2 N–H and O–H groups in total. The van der Waals surface area contributed by atoms with Crippen LogP contribution in [0, 0.1) is 11.8 Å². The highest BCUT2D eigenvalue weighted by molar-refractivity contribution is 7.80. The molecule has 0 unspecified atom stereocenters. The van der Waals surface area contributed by atoms with Crippen molar-refractivity contribution >= 4 is 23.0 Å². The third-order valence-corrected chi connectivity index (χ3v) is 4.57. The molecule has 0 aromatic heterocycles. The second kappa shape index (κ2) is 6.93. The lowest BCUT2D eigenvalue weighted by atomic mass is 9.78. The molecule has 3 nitrogen and oxygen atoms in total. The predicted octanol–water partition coefficient (Wildman–Crippen LogP) is 3.81. The van der Waals surface area contributed by atoms with Gasteiger partial charge < -0.3 is 15.4 Å². The molecule has 110 valence electrons. The third kappa shape index (κ3) is 3.85. The van der Waals surface area contributed by atoms with Gasteiger partial charge in [-0.25, -0.2) is 0 Å². The highest BCUT2D eigenvalue weighted by Crippen LogP contribution is 2.29. The summed E-state index contributed by atoms with van der Waals surface area (Å²) in [6.07, 6.45) is 3.81. The summed E-state index contributed by atoms with van der Waals surface area (Å²) >= 11 is 5.42. The average Bonchev–Trinajstić information content (AvgIpc) is 2.44. The summed E-state index contributed by atoms with van der Waals surface area (Å²) in [4.78, 5) is 0. The van der Waals surface area contributed by atoms with Gasteiger partial charge in [-0.1, -0.05) is 32.8 Å². The molecule has 0 heterocycles. The van der Waals surface area contributed by atoms with Crippen LogP contribution >= 0.6 is 12.2 Å². The summed E-state index contributed by atoms with van der Waals surface area (Å²) in [5.41, 5.74) is 0.957. The Bertz CT molecular complexity index is 464. The Hall–Kier alpha value is -1.29. The first-order valence-electron chi connectivity index (χ1n) is 7.31. The van der Waals surface area contributed by atoms with E-state index < -0.39 is 0 Å². The Balaban J connectivity index is 1.91. The van der Waals surface area contributed by atoms with Crippen molar-refractivity contribution in [3.05, 3.63) is 24.3 Å². The van der Waals surface area contributed by atoms with E-state index in [9.17, 15) is 0 Å². The number of nitrogens with one attached hydrogen (secondary N) is 2. The number of hydrogen-bond donors (Lipinski definition) is 2. The van der Waals surface area contributed by atoms with Gasteiger partial charge in [-0.05, 0) is 42.6 Å². The zero-order chi connectivity index (χ0) is 14.5. The number of benzene rings is 1. The summed E-state index contributed by atoms with van der Waals surface area (Å²) in [6, 6.07) is 8.29. The first-order chi connectivity index (χ1) is 9.60. The van der Waals surface area contributed by atoms with Crippen molar-refractivity contribution in [2.45, 2.75) is 39.2 Å². The Morgan fingerprint density at radius 2 is 2.10 bits per heavy atom. The molecule has 20 heavy (non-hydrogen) atoms. The lowest BCUT2D eigenvalue weighted by Gasteiger charge is -2.35. The van der Waals surface area contributed by atoms with Crippen LogP contribution in [0.5, 0.6) is 5.75 Å². The topological polar surface area (TPSA) is 33.3 Å². The lowest BCUT2D eigenvalue weighted by Crippen LogP contribution is -2.45. The van der Waals surface area contributed by atoms with E-state index in [2.05, 4.69) is 24.5 Å². The van der Waals surface area contributed by atoms with Gasteiger partial charge in [0.2, 0.25) is 0 Å². The zero-order valence-electron chi connectivity index (χ0n) is 12.5. The fourth-order valence-electron chi connectivity index (χ4n) is 2.82. The van der Waals surface area contributed by atoms with Crippen molar-refractivity contribution in [1.29, 1.82) is 0 Å². The molecule has 0 amide bonds. The molecular formula is C16H24N2OS. The average molecular weight is 292 g/mol. The molecular weight excluding hydrogens is 268 g/mol. The van der Waals surface area contributed by atoms with Crippen molar-refractivity contribution in [2.75, 3.05) is 12.4 Å². The molecule has 1 aromatic carbocycles.